The fourth-order valence-corrected chi connectivity index (χ4v) is 3.42. The van der Waals surface area contributed by atoms with Crippen LogP contribution >= 0.6 is 0 Å². The molecule has 2 rings (SSSR count). The molecule has 5 nitrogen and oxygen atoms in total. The van der Waals surface area contributed by atoms with Gasteiger partial charge in [-0.1, -0.05) is 42.5 Å². The van der Waals surface area contributed by atoms with Crippen LogP contribution in [0.3, 0.4) is 0 Å². The Morgan fingerprint density at radius 1 is 1.12 bits per heavy atom. The number of carbonyl (C=O) groups is 1. The summed E-state index contributed by atoms with van der Waals surface area (Å²) in [6.45, 7) is 3.57. The lowest BCUT2D eigenvalue weighted by Gasteiger charge is -2.10. The average molecular weight is 359 g/mol. The van der Waals surface area contributed by atoms with E-state index < -0.39 is 16.0 Å². The Labute approximate surface area is 148 Å². The molecule has 0 saturated heterocycles. The zero-order valence-corrected chi connectivity index (χ0v) is 15.0. The summed E-state index contributed by atoms with van der Waals surface area (Å²) in [5.41, 5.74) is 1.20. The molecular weight excluding hydrogens is 338 g/mol. The molecule has 0 saturated carbocycles. The summed E-state index contributed by atoms with van der Waals surface area (Å²) in [4.78, 5) is 12.1. The lowest BCUT2D eigenvalue weighted by atomic mass is 10.2. The lowest BCUT2D eigenvalue weighted by molar-refractivity contribution is 0.0550. The molecule has 6 heteroatoms. The van der Waals surface area contributed by atoms with E-state index in [1.165, 1.54) is 24.3 Å². The van der Waals surface area contributed by atoms with Crippen molar-refractivity contribution < 1.29 is 17.9 Å². The molecule has 1 N–H and O–H groups in total. The first-order valence-electron chi connectivity index (χ1n) is 7.89. The minimum atomic E-state index is -3.65. The standard InChI is InChI=1S/C19H21NO4S/c1-15(2)20-25(22,23)18-12-6-11-17(14-18)19(21)24-13-7-10-16-8-4-3-5-9-16/h3-12,14-15,20H,13H2,1-2H3/b10-7-. The number of hydrogen-bond donors (Lipinski definition) is 1. The Kier molecular flexibility index (Phi) is 6.50. The Morgan fingerprint density at radius 3 is 2.52 bits per heavy atom. The van der Waals surface area contributed by atoms with Crippen molar-refractivity contribution in [2.24, 2.45) is 0 Å². The second-order valence-electron chi connectivity index (χ2n) is 5.72. The van der Waals surface area contributed by atoms with Gasteiger partial charge in [0.25, 0.3) is 0 Å². The molecule has 0 atom stereocenters. The van der Waals surface area contributed by atoms with Gasteiger partial charge in [-0.05, 0) is 43.7 Å². The third-order valence-electron chi connectivity index (χ3n) is 3.19. The number of sulfonamides is 1. The summed E-state index contributed by atoms with van der Waals surface area (Å²) in [7, 11) is -3.65. The van der Waals surface area contributed by atoms with Gasteiger partial charge in [-0.25, -0.2) is 17.9 Å². The Balaban J connectivity index is 2.00. The molecule has 0 aromatic heterocycles. The summed E-state index contributed by atoms with van der Waals surface area (Å²) >= 11 is 0. The van der Waals surface area contributed by atoms with Crippen molar-refractivity contribution in [3.63, 3.8) is 0 Å². The maximum absolute atomic E-state index is 12.2. The second-order valence-corrected chi connectivity index (χ2v) is 7.43. The van der Waals surface area contributed by atoms with Crippen molar-refractivity contribution in [3.05, 3.63) is 71.8 Å². The third-order valence-corrected chi connectivity index (χ3v) is 4.85. The lowest BCUT2D eigenvalue weighted by Crippen LogP contribution is -2.30. The van der Waals surface area contributed by atoms with E-state index in [1.807, 2.05) is 36.4 Å². The largest absolute Gasteiger partial charge is 0.458 e. The van der Waals surface area contributed by atoms with E-state index in [1.54, 1.807) is 19.9 Å². The van der Waals surface area contributed by atoms with Crippen LogP contribution in [0, 0.1) is 0 Å². The molecular formula is C19H21NO4S. The van der Waals surface area contributed by atoms with Gasteiger partial charge in [0.05, 0.1) is 10.5 Å². The summed E-state index contributed by atoms with van der Waals surface area (Å²) < 4.78 is 32.0. The number of hydrogen-bond acceptors (Lipinski definition) is 4. The van der Waals surface area contributed by atoms with E-state index >= 15 is 0 Å². The van der Waals surface area contributed by atoms with E-state index in [9.17, 15) is 13.2 Å². The Hall–Kier alpha value is -2.44. The number of ether oxygens (including phenoxy) is 1. The molecule has 0 fully saturated rings. The maximum atomic E-state index is 12.2. The predicted octanol–water partition coefficient (Wildman–Crippen LogP) is 3.24. The molecule has 132 valence electrons. The molecule has 2 aromatic carbocycles. The minimum Gasteiger partial charge on any atom is -0.458 e. The Morgan fingerprint density at radius 2 is 1.84 bits per heavy atom. The van der Waals surface area contributed by atoms with Crippen molar-refractivity contribution in [3.8, 4) is 0 Å². The first-order chi connectivity index (χ1) is 11.9. The Bertz CT molecular complexity index is 843. The fraction of sp³-hybridized carbons (Fsp3) is 0.211. The normalized spacial score (nSPS) is 11.8. The van der Waals surface area contributed by atoms with Crippen LogP contribution in [-0.2, 0) is 14.8 Å². The van der Waals surface area contributed by atoms with Gasteiger partial charge in [0.2, 0.25) is 10.0 Å². The third kappa shape index (κ3) is 5.85. The zero-order valence-electron chi connectivity index (χ0n) is 14.2. The van der Waals surface area contributed by atoms with Gasteiger partial charge in [0.1, 0.15) is 6.61 Å². The van der Waals surface area contributed by atoms with E-state index in [2.05, 4.69) is 4.72 Å². The van der Waals surface area contributed by atoms with Gasteiger partial charge in [0, 0.05) is 6.04 Å². The van der Waals surface area contributed by atoms with Crippen molar-refractivity contribution in [2.75, 3.05) is 6.61 Å². The summed E-state index contributed by atoms with van der Waals surface area (Å²) in [6.07, 6.45) is 3.58. The van der Waals surface area contributed by atoms with Gasteiger partial charge in [0.15, 0.2) is 0 Å². The van der Waals surface area contributed by atoms with Crippen LogP contribution in [0.2, 0.25) is 0 Å². The van der Waals surface area contributed by atoms with Gasteiger partial charge in [-0.2, -0.15) is 0 Å². The van der Waals surface area contributed by atoms with Crippen molar-refractivity contribution in [1.29, 1.82) is 0 Å². The topological polar surface area (TPSA) is 72.5 Å². The van der Waals surface area contributed by atoms with E-state index in [0.29, 0.717) is 0 Å². The predicted molar refractivity (Wildman–Crippen MR) is 97.7 cm³/mol. The van der Waals surface area contributed by atoms with Gasteiger partial charge in [-0.15, -0.1) is 0 Å². The highest BCUT2D eigenvalue weighted by molar-refractivity contribution is 7.89. The zero-order chi connectivity index (χ0) is 18.3. The van der Waals surface area contributed by atoms with Crippen LogP contribution in [0.5, 0.6) is 0 Å². The summed E-state index contributed by atoms with van der Waals surface area (Å²) in [5.74, 6) is -0.570. The second kappa shape index (κ2) is 8.60. The molecule has 0 radical (unpaired) electrons. The maximum Gasteiger partial charge on any atom is 0.338 e. The van der Waals surface area contributed by atoms with Crippen LogP contribution in [0.1, 0.15) is 29.8 Å². The summed E-state index contributed by atoms with van der Waals surface area (Å²) in [5, 5.41) is 0. The molecule has 0 unspecified atom stereocenters. The smallest absolute Gasteiger partial charge is 0.338 e. The van der Waals surface area contributed by atoms with Crippen molar-refractivity contribution in [2.45, 2.75) is 24.8 Å². The number of carbonyl (C=O) groups excluding carboxylic acids is 1. The molecule has 2 aromatic rings. The van der Waals surface area contributed by atoms with Crippen LogP contribution in [0.15, 0.2) is 65.6 Å². The quantitative estimate of drug-likeness (QED) is 0.770. The first kappa shape index (κ1) is 18.9. The number of benzene rings is 2. The van der Waals surface area contributed by atoms with Crippen molar-refractivity contribution in [1.82, 2.24) is 4.72 Å². The monoisotopic (exact) mass is 359 g/mol. The van der Waals surface area contributed by atoms with Gasteiger partial charge >= 0.3 is 5.97 Å². The molecule has 0 aliphatic carbocycles. The molecule has 0 bridgehead atoms. The highest BCUT2D eigenvalue weighted by atomic mass is 32.2. The minimum absolute atomic E-state index is 0.0375. The molecule has 0 spiro atoms. The van der Waals surface area contributed by atoms with Gasteiger partial charge in [-0.3, -0.25) is 0 Å². The van der Waals surface area contributed by atoms with Gasteiger partial charge < -0.3 is 4.74 Å². The highest BCUT2D eigenvalue weighted by Gasteiger charge is 2.17. The molecule has 0 aliphatic rings. The SMILES string of the molecule is CC(C)NS(=O)(=O)c1cccc(C(=O)OC/C=C\c2ccccc2)c1. The average Bonchev–Trinajstić information content (AvgIpc) is 2.58. The van der Waals surface area contributed by atoms with Crippen LogP contribution in [0.25, 0.3) is 6.08 Å². The number of esters is 1. The highest BCUT2D eigenvalue weighted by Crippen LogP contribution is 2.13. The summed E-state index contributed by atoms with van der Waals surface area (Å²) in [6, 6.07) is 15.2. The van der Waals surface area contributed by atoms with E-state index in [0.717, 1.165) is 5.56 Å². The van der Waals surface area contributed by atoms with E-state index in [-0.39, 0.29) is 23.1 Å². The number of rotatable bonds is 7. The molecule has 0 amide bonds. The van der Waals surface area contributed by atoms with Crippen LogP contribution in [0.4, 0.5) is 0 Å². The number of nitrogens with one attached hydrogen (secondary N) is 1. The van der Waals surface area contributed by atoms with Crippen LogP contribution in [-0.4, -0.2) is 27.0 Å². The fourth-order valence-electron chi connectivity index (χ4n) is 2.12. The molecule has 0 heterocycles. The van der Waals surface area contributed by atoms with Crippen molar-refractivity contribution >= 4 is 22.1 Å². The molecule has 25 heavy (non-hydrogen) atoms. The van der Waals surface area contributed by atoms with E-state index in [4.69, 9.17) is 4.74 Å². The first-order valence-corrected chi connectivity index (χ1v) is 9.38. The van der Waals surface area contributed by atoms with Crippen LogP contribution < -0.4 is 4.72 Å². The molecule has 0 aliphatic heterocycles.